The number of nitrogens with zero attached hydrogens (tertiary/aromatic N) is 3. The molecule has 52 heavy (non-hydrogen) atoms. The summed E-state index contributed by atoms with van der Waals surface area (Å²) in [6, 6.07) is 57.6. The molecule has 1 aliphatic heterocycles. The summed E-state index contributed by atoms with van der Waals surface area (Å²) in [6.45, 7) is 4.97. The van der Waals surface area contributed by atoms with Crippen LogP contribution in [0, 0.1) is 0 Å². The molecule has 0 amide bonds. The summed E-state index contributed by atoms with van der Waals surface area (Å²) in [7, 11) is -2.42. The van der Waals surface area contributed by atoms with E-state index in [0.29, 0.717) is 17.5 Å². The molecule has 0 saturated heterocycles. The molecule has 0 bridgehead atoms. The Hall–Kier alpha value is -6.43. The van der Waals surface area contributed by atoms with E-state index in [2.05, 4.69) is 140 Å². The molecule has 0 unspecified atom stereocenters. The standard InChI is InChI=1S/C47H34N3OSi/c1-52(2)42-25-15-13-23-35(42)44-37(31-18-8-4-9-19-31)26-33(27-43(44)52)46-48-45(32-20-10-5-11-21-32)49-47(50-46)39-29-41-38(34-22-12-14-24-40(34)51-41)28-36(39)30-16-6-3-7-17-30/h3-29,52H,1-2H3/q-1. The molecule has 2 aromatic heterocycles. The van der Waals surface area contributed by atoms with Gasteiger partial charge in [-0.3, -0.25) is 0 Å². The minimum atomic E-state index is -2.42. The molecule has 248 valence electrons. The van der Waals surface area contributed by atoms with Crippen molar-refractivity contribution < 1.29 is 4.42 Å². The maximum atomic E-state index is 6.44. The van der Waals surface area contributed by atoms with E-state index in [-0.39, 0.29) is 0 Å². The summed E-state index contributed by atoms with van der Waals surface area (Å²) >= 11 is 0. The van der Waals surface area contributed by atoms with Crippen molar-refractivity contribution in [2.24, 2.45) is 0 Å². The van der Waals surface area contributed by atoms with E-state index in [1.54, 1.807) is 0 Å². The molecule has 0 radical (unpaired) electrons. The quantitative estimate of drug-likeness (QED) is 0.169. The first-order valence-corrected chi connectivity index (χ1v) is 21.4. The van der Waals surface area contributed by atoms with Crippen molar-refractivity contribution in [2.45, 2.75) is 13.1 Å². The molecule has 0 atom stereocenters. The summed E-state index contributed by atoms with van der Waals surface area (Å²) in [5, 5.41) is 5.08. The Morgan fingerprint density at radius 3 is 1.69 bits per heavy atom. The summed E-state index contributed by atoms with van der Waals surface area (Å²) in [5.74, 6) is 1.89. The first kappa shape index (κ1) is 30.4. The SMILES string of the molecule is C[SiH-]1(C)c2ccccc2-c2c(-c3ccccc3)cc(-c3nc(-c4ccccc4)nc(-c4cc5oc6ccccc6c5cc4-c4ccccc4)n3)cc21. The summed E-state index contributed by atoms with van der Waals surface area (Å²) in [6.07, 6.45) is 0. The van der Waals surface area contributed by atoms with Gasteiger partial charge in [0, 0.05) is 0 Å². The van der Waals surface area contributed by atoms with Gasteiger partial charge in [-0.2, -0.15) is 0 Å². The fourth-order valence-electron chi connectivity index (χ4n) is 8.19. The van der Waals surface area contributed by atoms with Gasteiger partial charge < -0.3 is 0 Å². The van der Waals surface area contributed by atoms with Crippen molar-refractivity contribution in [3.8, 4) is 67.5 Å². The Morgan fingerprint density at radius 2 is 0.962 bits per heavy atom. The third kappa shape index (κ3) is 4.85. The van der Waals surface area contributed by atoms with Crippen LogP contribution in [0.4, 0.5) is 0 Å². The molecule has 0 N–H and O–H groups in total. The molecule has 0 fully saturated rings. The Kier molecular flexibility index (Phi) is 6.91. The molecule has 0 spiro atoms. The predicted molar refractivity (Wildman–Crippen MR) is 218 cm³/mol. The van der Waals surface area contributed by atoms with Crippen LogP contribution in [-0.4, -0.2) is 23.0 Å². The van der Waals surface area contributed by atoms with Crippen molar-refractivity contribution in [3.05, 3.63) is 164 Å². The second kappa shape index (κ2) is 11.8. The van der Waals surface area contributed by atoms with Gasteiger partial charge in [0.2, 0.25) is 0 Å². The van der Waals surface area contributed by atoms with Crippen LogP contribution >= 0.6 is 0 Å². The van der Waals surface area contributed by atoms with Gasteiger partial charge in [0.15, 0.2) is 0 Å². The zero-order valence-electron chi connectivity index (χ0n) is 28.9. The number of hydrogen-bond donors (Lipinski definition) is 0. The molecule has 9 aromatic rings. The third-order valence-corrected chi connectivity index (χ3v) is 14.9. The van der Waals surface area contributed by atoms with E-state index in [4.69, 9.17) is 19.4 Å². The average Bonchev–Trinajstić information content (AvgIpc) is 3.69. The molecule has 5 heteroatoms. The summed E-state index contributed by atoms with van der Waals surface area (Å²) in [4.78, 5) is 15.8. The maximum absolute atomic E-state index is 6.44. The first-order valence-electron chi connectivity index (χ1n) is 17.9. The van der Waals surface area contributed by atoms with Gasteiger partial charge in [0.25, 0.3) is 0 Å². The molecule has 7 aromatic carbocycles. The van der Waals surface area contributed by atoms with Gasteiger partial charge in [-0.15, -0.1) is 0 Å². The molecule has 0 saturated carbocycles. The van der Waals surface area contributed by atoms with Crippen LogP contribution in [0.25, 0.3) is 89.5 Å². The third-order valence-electron chi connectivity index (χ3n) is 10.8. The second-order valence-corrected chi connectivity index (χ2v) is 19.3. The number of aromatic nitrogens is 3. The van der Waals surface area contributed by atoms with Crippen LogP contribution in [0.3, 0.4) is 0 Å². The fraction of sp³-hybridized carbons (Fsp3) is 0.0426. The number of hydrogen-bond acceptors (Lipinski definition) is 4. The Morgan fingerprint density at radius 1 is 0.385 bits per heavy atom. The Labute approximate surface area is 303 Å². The van der Waals surface area contributed by atoms with Gasteiger partial charge in [-0.05, 0) is 0 Å². The van der Waals surface area contributed by atoms with Crippen LogP contribution in [0.1, 0.15) is 0 Å². The van der Waals surface area contributed by atoms with E-state index in [9.17, 15) is 0 Å². The molecule has 1 aliphatic rings. The van der Waals surface area contributed by atoms with Crippen molar-refractivity contribution >= 4 is 40.4 Å². The van der Waals surface area contributed by atoms with Crippen LogP contribution in [0.5, 0.6) is 0 Å². The molecule has 0 aliphatic carbocycles. The van der Waals surface area contributed by atoms with Gasteiger partial charge in [-0.1, -0.05) is 12.1 Å². The van der Waals surface area contributed by atoms with E-state index in [0.717, 1.165) is 49.8 Å². The van der Waals surface area contributed by atoms with Crippen LogP contribution < -0.4 is 10.4 Å². The number of furan rings is 1. The molecular formula is C47H34N3OSi-. The second-order valence-electron chi connectivity index (χ2n) is 14.3. The summed E-state index contributed by atoms with van der Waals surface area (Å²) in [5.41, 5.74) is 11.7. The first-order chi connectivity index (χ1) is 25.5. The molecular weight excluding hydrogens is 651 g/mol. The Bertz CT molecular complexity index is 2810. The fourth-order valence-corrected chi connectivity index (χ4v) is 11.8. The average molecular weight is 685 g/mol. The van der Waals surface area contributed by atoms with Crippen LogP contribution in [0.2, 0.25) is 13.1 Å². The molecule has 3 heterocycles. The molecule has 4 nitrogen and oxygen atoms in total. The van der Waals surface area contributed by atoms with E-state index in [1.807, 2.05) is 36.4 Å². The minimum absolute atomic E-state index is 0.606. The molecule has 10 rings (SSSR count). The van der Waals surface area contributed by atoms with Crippen molar-refractivity contribution in [1.29, 1.82) is 0 Å². The number of para-hydroxylation sites is 1. The summed E-state index contributed by atoms with van der Waals surface area (Å²) < 4.78 is 6.44. The topological polar surface area (TPSA) is 51.8 Å². The number of rotatable bonds is 5. The van der Waals surface area contributed by atoms with Gasteiger partial charge in [0.05, 0.1) is 0 Å². The zero-order chi connectivity index (χ0) is 34.8. The van der Waals surface area contributed by atoms with E-state index < -0.39 is 8.07 Å². The van der Waals surface area contributed by atoms with Crippen LogP contribution in [-0.2, 0) is 0 Å². The predicted octanol–water partition coefficient (Wildman–Crippen LogP) is 10.6. The van der Waals surface area contributed by atoms with Crippen molar-refractivity contribution in [3.63, 3.8) is 0 Å². The van der Waals surface area contributed by atoms with E-state index >= 15 is 0 Å². The number of benzene rings is 7. The van der Waals surface area contributed by atoms with Gasteiger partial charge >= 0.3 is 292 Å². The van der Waals surface area contributed by atoms with Crippen LogP contribution in [0.15, 0.2) is 168 Å². The van der Waals surface area contributed by atoms with Crippen molar-refractivity contribution in [2.75, 3.05) is 0 Å². The van der Waals surface area contributed by atoms with E-state index in [1.165, 1.54) is 32.6 Å². The zero-order valence-corrected chi connectivity index (χ0v) is 30.1. The van der Waals surface area contributed by atoms with Crippen molar-refractivity contribution in [1.82, 2.24) is 15.0 Å². The monoisotopic (exact) mass is 684 g/mol. The Balaban J connectivity index is 1.26. The number of fused-ring (bicyclic) bond motifs is 6. The van der Waals surface area contributed by atoms with Gasteiger partial charge in [0.1, 0.15) is 0 Å². The normalized spacial score (nSPS) is 13.6. The van der Waals surface area contributed by atoms with Gasteiger partial charge in [-0.25, -0.2) is 0 Å².